The number of carbonyl (C=O) groups is 2. The maximum Gasteiger partial charge on any atom is 0.344 e. The van der Waals surface area contributed by atoms with Crippen LogP contribution in [0, 0.1) is 17.1 Å². The number of rotatable bonds is 8. The van der Waals surface area contributed by atoms with Crippen molar-refractivity contribution in [3.05, 3.63) is 58.9 Å². The highest BCUT2D eigenvalue weighted by atomic mass is 35.5. The molecule has 2 aromatic rings. The molecular formula is C22H23ClFN5O3. The highest BCUT2D eigenvalue weighted by Crippen LogP contribution is 2.22. The number of nitrogens with zero attached hydrogens (tertiary/aromatic N) is 3. The van der Waals surface area contributed by atoms with Crippen LogP contribution in [0.25, 0.3) is 0 Å². The van der Waals surface area contributed by atoms with E-state index in [9.17, 15) is 14.0 Å². The van der Waals surface area contributed by atoms with Crippen molar-refractivity contribution in [2.45, 2.75) is 32.9 Å². The fourth-order valence-corrected chi connectivity index (χ4v) is 2.66. The fourth-order valence-electron chi connectivity index (χ4n) is 2.53. The third-order valence-corrected chi connectivity index (χ3v) is 4.19. The summed E-state index contributed by atoms with van der Waals surface area (Å²) >= 11 is 5.90. The van der Waals surface area contributed by atoms with E-state index in [0.717, 1.165) is 10.5 Å². The highest BCUT2D eigenvalue weighted by molar-refractivity contribution is 6.30. The number of nitriles is 1. The second-order valence-corrected chi connectivity index (χ2v) is 7.31. The maximum atomic E-state index is 14.4. The van der Waals surface area contributed by atoms with E-state index in [2.05, 4.69) is 15.6 Å². The van der Waals surface area contributed by atoms with Crippen molar-refractivity contribution in [3.63, 3.8) is 0 Å². The number of nitrogens with one attached hydrogen (secondary N) is 2. The Hall–Kier alpha value is -3.64. The van der Waals surface area contributed by atoms with Crippen molar-refractivity contribution in [1.29, 1.82) is 5.26 Å². The Morgan fingerprint density at radius 1 is 1.31 bits per heavy atom. The van der Waals surface area contributed by atoms with Gasteiger partial charge in [-0.15, -0.1) is 0 Å². The molecule has 0 atom stereocenters. The van der Waals surface area contributed by atoms with Crippen LogP contribution in [0.4, 0.5) is 14.9 Å². The number of hydrogen-bond donors (Lipinski definition) is 2. The van der Waals surface area contributed by atoms with Gasteiger partial charge in [0.05, 0.1) is 25.1 Å². The largest absolute Gasteiger partial charge is 0.488 e. The summed E-state index contributed by atoms with van der Waals surface area (Å²) in [7, 11) is 0. The topological polar surface area (TPSA) is 107 Å². The van der Waals surface area contributed by atoms with Gasteiger partial charge in [-0.2, -0.15) is 10.3 Å². The molecule has 10 heteroatoms. The zero-order valence-electron chi connectivity index (χ0n) is 17.6. The summed E-state index contributed by atoms with van der Waals surface area (Å²) in [6.07, 6.45) is 0.395. The van der Waals surface area contributed by atoms with Crippen molar-refractivity contribution in [2.24, 2.45) is 4.99 Å². The van der Waals surface area contributed by atoms with Crippen LogP contribution < -0.4 is 15.4 Å². The molecule has 0 spiro atoms. The van der Waals surface area contributed by atoms with Gasteiger partial charge in [0.15, 0.2) is 11.6 Å². The maximum absolute atomic E-state index is 14.4. The van der Waals surface area contributed by atoms with Gasteiger partial charge in [-0.25, -0.2) is 9.18 Å². The lowest BCUT2D eigenvalue weighted by Gasteiger charge is -2.21. The van der Waals surface area contributed by atoms with Gasteiger partial charge in [-0.05, 0) is 43.7 Å². The molecule has 0 bridgehead atoms. The molecule has 0 fully saturated rings. The van der Waals surface area contributed by atoms with E-state index in [1.54, 1.807) is 38.1 Å². The van der Waals surface area contributed by atoms with Gasteiger partial charge < -0.3 is 15.4 Å². The van der Waals surface area contributed by atoms with Crippen LogP contribution in [0.1, 0.15) is 25.8 Å². The summed E-state index contributed by atoms with van der Waals surface area (Å²) in [6.45, 7) is 3.73. The van der Waals surface area contributed by atoms with E-state index in [-0.39, 0.29) is 43.0 Å². The van der Waals surface area contributed by atoms with E-state index in [0.29, 0.717) is 11.4 Å². The summed E-state index contributed by atoms with van der Waals surface area (Å²) in [5.41, 5.74) is 0.984. The van der Waals surface area contributed by atoms with E-state index in [1.165, 1.54) is 18.2 Å². The molecule has 32 heavy (non-hydrogen) atoms. The summed E-state index contributed by atoms with van der Waals surface area (Å²) in [6, 6.07) is 12.1. The van der Waals surface area contributed by atoms with Crippen molar-refractivity contribution in [3.8, 4) is 11.8 Å². The molecule has 2 aromatic carbocycles. The average Bonchev–Trinajstić information content (AvgIpc) is 2.75. The number of urea groups is 1. The molecule has 0 aliphatic heterocycles. The zero-order valence-corrected chi connectivity index (χ0v) is 18.4. The van der Waals surface area contributed by atoms with Gasteiger partial charge in [0, 0.05) is 23.3 Å². The summed E-state index contributed by atoms with van der Waals surface area (Å²) in [5, 5.41) is 14.4. The Balaban J connectivity index is 2.29. The van der Waals surface area contributed by atoms with Crippen LogP contribution in [0.3, 0.4) is 0 Å². The van der Waals surface area contributed by atoms with Crippen LogP contribution in [0.15, 0.2) is 47.5 Å². The summed E-state index contributed by atoms with van der Waals surface area (Å²) in [4.78, 5) is 29.0. The second-order valence-electron chi connectivity index (χ2n) is 6.87. The third-order valence-electron chi connectivity index (χ3n) is 3.94. The van der Waals surface area contributed by atoms with Crippen LogP contribution in [-0.2, 0) is 11.3 Å². The molecule has 168 valence electrons. The number of carbonyl (C=O) groups excluding carboxylic acids is 2. The van der Waals surface area contributed by atoms with Gasteiger partial charge >= 0.3 is 6.03 Å². The monoisotopic (exact) mass is 459 g/mol. The first-order valence-corrected chi connectivity index (χ1v) is 10.1. The minimum absolute atomic E-state index is 0.0756. The molecule has 0 radical (unpaired) electrons. The van der Waals surface area contributed by atoms with Gasteiger partial charge in [0.1, 0.15) is 0 Å². The van der Waals surface area contributed by atoms with Crippen LogP contribution >= 0.6 is 11.6 Å². The minimum atomic E-state index is -0.758. The third kappa shape index (κ3) is 7.89. The highest BCUT2D eigenvalue weighted by Gasteiger charge is 2.16. The first-order chi connectivity index (χ1) is 15.3. The molecular weight excluding hydrogens is 437 g/mol. The number of hydrogen-bond acceptors (Lipinski definition) is 4. The second kappa shape index (κ2) is 12.3. The standard InChI is InChI=1S/C22H23ClFN5O3/c1-15(2)32-20-9-8-18(12-19(20)24)27-21(28-22(31)26-11-3-10-25)29(14-30)13-16-4-6-17(23)7-5-16/h4-9,12,14-15H,3,11,13H2,1-2H3,(H2,26,27,28,31). The number of benzene rings is 2. The van der Waals surface area contributed by atoms with Crippen LogP contribution in [0.2, 0.25) is 5.02 Å². The predicted octanol–water partition coefficient (Wildman–Crippen LogP) is 4.32. The smallest absolute Gasteiger partial charge is 0.344 e. The lowest BCUT2D eigenvalue weighted by atomic mass is 10.2. The van der Waals surface area contributed by atoms with Crippen LogP contribution in [0.5, 0.6) is 5.75 Å². The van der Waals surface area contributed by atoms with E-state index in [1.807, 2.05) is 6.07 Å². The normalized spacial score (nSPS) is 10.9. The van der Waals surface area contributed by atoms with Crippen molar-refractivity contribution in [2.75, 3.05) is 11.9 Å². The Bertz CT molecular complexity index is 1010. The predicted molar refractivity (Wildman–Crippen MR) is 120 cm³/mol. The van der Waals surface area contributed by atoms with Gasteiger partial charge in [-0.3, -0.25) is 9.69 Å². The first-order valence-electron chi connectivity index (χ1n) is 9.75. The summed E-state index contributed by atoms with van der Waals surface area (Å²) < 4.78 is 19.8. The first kappa shape index (κ1) is 24.6. The number of aliphatic imine (C=N–C) groups is 1. The molecule has 0 aliphatic rings. The molecule has 3 amide bonds. The molecule has 0 heterocycles. The lowest BCUT2D eigenvalue weighted by molar-refractivity contribution is -0.115. The minimum Gasteiger partial charge on any atom is -0.488 e. The molecule has 2 N–H and O–H groups in total. The molecule has 0 unspecified atom stereocenters. The van der Waals surface area contributed by atoms with Gasteiger partial charge in [-0.1, -0.05) is 23.7 Å². The Morgan fingerprint density at radius 2 is 2.03 bits per heavy atom. The van der Waals surface area contributed by atoms with Crippen LogP contribution in [-0.4, -0.2) is 35.9 Å². The fraction of sp³-hybridized carbons (Fsp3) is 0.273. The van der Waals surface area contributed by atoms with E-state index >= 15 is 0 Å². The number of halogens is 2. The SMILES string of the molecule is CC(C)Oc1ccc(N/C(=N/C(=O)NCCC#N)N(C=O)Cc2ccc(Cl)cc2)cc1F. The molecule has 0 saturated carbocycles. The van der Waals surface area contributed by atoms with Crippen molar-refractivity contribution in [1.82, 2.24) is 10.2 Å². The zero-order chi connectivity index (χ0) is 23.5. The van der Waals surface area contributed by atoms with Crippen molar-refractivity contribution < 1.29 is 18.7 Å². The molecule has 2 rings (SSSR count). The average molecular weight is 460 g/mol. The molecule has 0 saturated heterocycles. The number of ether oxygens (including phenoxy) is 1. The Kier molecular flexibility index (Phi) is 9.44. The van der Waals surface area contributed by atoms with E-state index in [4.69, 9.17) is 21.6 Å². The molecule has 0 aliphatic carbocycles. The van der Waals surface area contributed by atoms with E-state index < -0.39 is 11.8 Å². The summed E-state index contributed by atoms with van der Waals surface area (Å²) in [5.74, 6) is -0.662. The molecule has 8 nitrogen and oxygen atoms in total. The number of anilines is 1. The van der Waals surface area contributed by atoms with Crippen molar-refractivity contribution >= 4 is 35.7 Å². The quantitative estimate of drug-likeness (QED) is 0.264. The van der Waals surface area contributed by atoms with Gasteiger partial charge in [0.25, 0.3) is 0 Å². The molecule has 0 aromatic heterocycles. The van der Waals surface area contributed by atoms with Gasteiger partial charge in [0.2, 0.25) is 12.4 Å². The number of guanidine groups is 1. The Morgan fingerprint density at radius 3 is 2.62 bits per heavy atom. The lowest BCUT2D eigenvalue weighted by Crippen LogP contribution is -2.37. The number of amides is 3. The Labute approximate surface area is 190 Å².